The fourth-order valence-electron chi connectivity index (χ4n) is 1.33. The number of anilines is 1. The molecule has 0 aliphatic rings. The van der Waals surface area contributed by atoms with E-state index < -0.39 is 16.4 Å². The number of nitrogens with one attached hydrogen (secondary N) is 1. The van der Waals surface area contributed by atoms with Crippen molar-refractivity contribution < 1.29 is 14.1 Å². The number of carbonyl (C=O) groups is 1. The molecule has 0 heterocycles. The minimum absolute atomic E-state index is 0.0175. The first-order chi connectivity index (χ1) is 8.40. The van der Waals surface area contributed by atoms with Gasteiger partial charge < -0.3 is 11.1 Å². The summed E-state index contributed by atoms with van der Waals surface area (Å²) in [5, 5.41) is 13.1. The molecule has 0 spiro atoms. The van der Waals surface area contributed by atoms with Gasteiger partial charge in [0, 0.05) is 12.5 Å². The smallest absolute Gasteiger partial charge is 0.295 e. The number of benzene rings is 1. The van der Waals surface area contributed by atoms with Gasteiger partial charge in [-0.2, -0.15) is 0 Å². The Labute approximate surface area is 103 Å². The van der Waals surface area contributed by atoms with E-state index in [1.54, 1.807) is 6.92 Å². The number of nitrogens with two attached hydrogens (primary N) is 1. The maximum absolute atomic E-state index is 12.9. The van der Waals surface area contributed by atoms with E-state index in [0.29, 0.717) is 6.42 Å². The van der Waals surface area contributed by atoms with E-state index in [0.717, 1.165) is 18.2 Å². The lowest BCUT2D eigenvalue weighted by molar-refractivity contribution is -0.384. The third kappa shape index (κ3) is 4.10. The van der Waals surface area contributed by atoms with Crippen LogP contribution in [-0.4, -0.2) is 16.9 Å². The average Bonchev–Trinajstić information content (AvgIpc) is 2.28. The van der Waals surface area contributed by atoms with Crippen molar-refractivity contribution in [3.05, 3.63) is 34.1 Å². The number of rotatable bonds is 5. The highest BCUT2D eigenvalue weighted by molar-refractivity contribution is 5.93. The average molecular weight is 255 g/mol. The number of nitro groups is 1. The molecule has 0 fully saturated rings. The predicted octanol–water partition coefficient (Wildman–Crippen LogP) is 1.80. The molecular formula is C11H14FN3O3. The number of hydrogen-bond donors (Lipinski definition) is 2. The Morgan fingerprint density at radius 3 is 2.83 bits per heavy atom. The predicted molar refractivity (Wildman–Crippen MR) is 64.6 cm³/mol. The summed E-state index contributed by atoms with van der Waals surface area (Å²) >= 11 is 0. The molecule has 98 valence electrons. The van der Waals surface area contributed by atoms with Crippen LogP contribution in [0.3, 0.4) is 0 Å². The van der Waals surface area contributed by atoms with Gasteiger partial charge in [0.2, 0.25) is 5.91 Å². The Hall–Kier alpha value is -2.02. The molecule has 3 N–H and O–H groups in total. The molecule has 0 saturated carbocycles. The van der Waals surface area contributed by atoms with E-state index >= 15 is 0 Å². The lowest BCUT2D eigenvalue weighted by Crippen LogP contribution is -2.19. The SMILES string of the molecule is CC(N)CCC(=O)Nc1ccc(F)cc1[N+](=O)[O-]. The minimum Gasteiger partial charge on any atom is -0.328 e. The maximum atomic E-state index is 12.9. The lowest BCUT2D eigenvalue weighted by atomic mass is 10.2. The molecule has 1 aromatic rings. The van der Waals surface area contributed by atoms with E-state index in [2.05, 4.69) is 5.32 Å². The van der Waals surface area contributed by atoms with Crippen LogP contribution in [0.4, 0.5) is 15.8 Å². The van der Waals surface area contributed by atoms with Crippen molar-refractivity contribution in [1.29, 1.82) is 0 Å². The van der Waals surface area contributed by atoms with Crippen molar-refractivity contribution in [1.82, 2.24) is 0 Å². The molecule has 1 rings (SSSR count). The van der Waals surface area contributed by atoms with Crippen molar-refractivity contribution in [3.8, 4) is 0 Å². The number of nitro benzene ring substituents is 1. The topological polar surface area (TPSA) is 98.3 Å². The van der Waals surface area contributed by atoms with Gasteiger partial charge in [-0.25, -0.2) is 4.39 Å². The van der Waals surface area contributed by atoms with Gasteiger partial charge in [0.1, 0.15) is 11.5 Å². The zero-order chi connectivity index (χ0) is 13.7. The number of carbonyl (C=O) groups excluding carboxylic acids is 1. The van der Waals surface area contributed by atoms with Crippen molar-refractivity contribution >= 4 is 17.3 Å². The minimum atomic E-state index is -0.746. The number of hydrogen-bond acceptors (Lipinski definition) is 4. The third-order valence-electron chi connectivity index (χ3n) is 2.26. The molecule has 1 amide bonds. The largest absolute Gasteiger partial charge is 0.328 e. The van der Waals surface area contributed by atoms with E-state index in [4.69, 9.17) is 5.73 Å². The van der Waals surface area contributed by atoms with Crippen LogP contribution in [0.2, 0.25) is 0 Å². The zero-order valence-corrected chi connectivity index (χ0v) is 9.85. The molecule has 1 atom stereocenters. The Morgan fingerprint density at radius 2 is 2.28 bits per heavy atom. The molecule has 0 saturated heterocycles. The fourth-order valence-corrected chi connectivity index (χ4v) is 1.33. The van der Waals surface area contributed by atoms with Crippen LogP contribution >= 0.6 is 0 Å². The van der Waals surface area contributed by atoms with E-state index in [1.807, 2.05) is 0 Å². The summed E-state index contributed by atoms with van der Waals surface area (Å²) < 4.78 is 12.9. The van der Waals surface area contributed by atoms with Crippen molar-refractivity contribution in [2.45, 2.75) is 25.8 Å². The van der Waals surface area contributed by atoms with Gasteiger partial charge in [-0.05, 0) is 25.5 Å². The van der Waals surface area contributed by atoms with Crippen LogP contribution in [0.1, 0.15) is 19.8 Å². The zero-order valence-electron chi connectivity index (χ0n) is 9.85. The highest BCUT2D eigenvalue weighted by Crippen LogP contribution is 2.25. The van der Waals surface area contributed by atoms with Crippen LogP contribution in [0, 0.1) is 15.9 Å². The second-order valence-electron chi connectivity index (χ2n) is 3.98. The first-order valence-corrected chi connectivity index (χ1v) is 5.39. The van der Waals surface area contributed by atoms with Gasteiger partial charge in [0.05, 0.1) is 11.0 Å². The highest BCUT2D eigenvalue weighted by atomic mass is 19.1. The van der Waals surface area contributed by atoms with Gasteiger partial charge in [-0.3, -0.25) is 14.9 Å². The molecule has 0 bridgehead atoms. The molecule has 18 heavy (non-hydrogen) atoms. The van der Waals surface area contributed by atoms with Gasteiger partial charge >= 0.3 is 0 Å². The first-order valence-electron chi connectivity index (χ1n) is 5.39. The molecule has 6 nitrogen and oxygen atoms in total. The molecule has 0 aromatic heterocycles. The van der Waals surface area contributed by atoms with Crippen molar-refractivity contribution in [2.24, 2.45) is 5.73 Å². The molecule has 0 aliphatic carbocycles. The summed E-state index contributed by atoms with van der Waals surface area (Å²) in [7, 11) is 0. The Kier molecular flexibility index (Phi) is 4.73. The summed E-state index contributed by atoms with van der Waals surface area (Å²) in [5.41, 5.74) is 5.01. The van der Waals surface area contributed by atoms with Crippen LogP contribution in [-0.2, 0) is 4.79 Å². The normalized spacial score (nSPS) is 11.9. The van der Waals surface area contributed by atoms with E-state index in [1.165, 1.54) is 0 Å². The van der Waals surface area contributed by atoms with Crippen molar-refractivity contribution in [3.63, 3.8) is 0 Å². The van der Waals surface area contributed by atoms with Crippen LogP contribution in [0.5, 0.6) is 0 Å². The molecule has 1 aromatic carbocycles. The van der Waals surface area contributed by atoms with Gasteiger partial charge in [0.25, 0.3) is 5.69 Å². The number of amides is 1. The first kappa shape index (κ1) is 14.0. The quantitative estimate of drug-likeness (QED) is 0.619. The Morgan fingerprint density at radius 1 is 1.61 bits per heavy atom. The number of nitrogens with zero attached hydrogens (tertiary/aromatic N) is 1. The summed E-state index contributed by atoms with van der Waals surface area (Å²) in [6, 6.07) is 2.85. The lowest BCUT2D eigenvalue weighted by Gasteiger charge is -2.07. The van der Waals surface area contributed by atoms with E-state index in [-0.39, 0.29) is 24.1 Å². The second-order valence-corrected chi connectivity index (χ2v) is 3.98. The monoisotopic (exact) mass is 255 g/mol. The molecule has 0 aliphatic heterocycles. The maximum Gasteiger partial charge on any atom is 0.295 e. The van der Waals surface area contributed by atoms with Gasteiger partial charge in [-0.1, -0.05) is 0 Å². The summed E-state index contributed by atoms with van der Waals surface area (Å²) in [6.45, 7) is 1.76. The molecular weight excluding hydrogens is 241 g/mol. The van der Waals surface area contributed by atoms with E-state index in [9.17, 15) is 19.3 Å². The Balaban J connectivity index is 2.78. The Bertz CT molecular complexity index is 463. The molecule has 7 heteroatoms. The standard InChI is InChI=1S/C11H14FN3O3/c1-7(13)2-5-11(16)14-9-4-3-8(12)6-10(9)15(17)18/h3-4,6-7H,2,5,13H2,1H3,(H,14,16). The fraction of sp³-hybridized carbons (Fsp3) is 0.364. The summed E-state index contributed by atoms with van der Waals surface area (Å²) in [5.74, 6) is -1.11. The van der Waals surface area contributed by atoms with Gasteiger partial charge in [0.15, 0.2) is 0 Å². The summed E-state index contributed by atoms with van der Waals surface area (Å²) in [4.78, 5) is 21.4. The van der Waals surface area contributed by atoms with Crippen LogP contribution < -0.4 is 11.1 Å². The molecule has 0 radical (unpaired) electrons. The van der Waals surface area contributed by atoms with Crippen LogP contribution in [0.25, 0.3) is 0 Å². The van der Waals surface area contributed by atoms with Gasteiger partial charge in [-0.15, -0.1) is 0 Å². The molecule has 1 unspecified atom stereocenters. The third-order valence-corrected chi connectivity index (χ3v) is 2.26. The van der Waals surface area contributed by atoms with Crippen molar-refractivity contribution in [2.75, 3.05) is 5.32 Å². The number of halogens is 1. The van der Waals surface area contributed by atoms with Crippen LogP contribution in [0.15, 0.2) is 18.2 Å². The second kappa shape index (κ2) is 6.06. The summed E-state index contributed by atoms with van der Waals surface area (Å²) in [6.07, 6.45) is 0.632. The highest BCUT2D eigenvalue weighted by Gasteiger charge is 2.16.